The van der Waals surface area contributed by atoms with E-state index in [0.29, 0.717) is 24.1 Å². The van der Waals surface area contributed by atoms with Crippen molar-refractivity contribution in [2.75, 3.05) is 26.7 Å². The summed E-state index contributed by atoms with van der Waals surface area (Å²) in [6.07, 6.45) is 0. The lowest BCUT2D eigenvalue weighted by Gasteiger charge is -2.17. The van der Waals surface area contributed by atoms with Gasteiger partial charge in [-0.25, -0.2) is 0 Å². The Labute approximate surface area is 137 Å². The number of phenolic OH excluding ortho intramolecular Hbond substituents is 1. The summed E-state index contributed by atoms with van der Waals surface area (Å²) in [4.78, 5) is 2.41. The van der Waals surface area contributed by atoms with Crippen LogP contribution in [0.2, 0.25) is 0 Å². The molecule has 3 rings (SSSR count). The molecule has 2 aromatic carbocycles. The predicted molar refractivity (Wildman–Crippen MR) is 91.7 cm³/mol. The normalized spacial score (nSPS) is 21.5. The van der Waals surface area contributed by atoms with Crippen LogP contribution in [0.4, 0.5) is 0 Å². The Balaban J connectivity index is 1.71. The van der Waals surface area contributed by atoms with E-state index in [1.54, 1.807) is 13.2 Å². The number of nitrogens with zero attached hydrogens (tertiary/aromatic N) is 1. The van der Waals surface area contributed by atoms with Gasteiger partial charge in [-0.05, 0) is 35.7 Å². The molecule has 1 aliphatic heterocycles. The third-order valence-corrected chi connectivity index (χ3v) is 4.70. The van der Waals surface area contributed by atoms with Crippen molar-refractivity contribution in [3.63, 3.8) is 0 Å². The molecule has 0 aromatic heterocycles. The largest absolute Gasteiger partial charge is 0.504 e. The number of phenols is 1. The minimum absolute atomic E-state index is 0.194. The second kappa shape index (κ2) is 7.02. The van der Waals surface area contributed by atoms with E-state index in [2.05, 4.69) is 29.2 Å². The number of hydrogen-bond donors (Lipinski definition) is 2. The quantitative estimate of drug-likeness (QED) is 0.891. The third kappa shape index (κ3) is 3.49. The monoisotopic (exact) mass is 312 g/mol. The van der Waals surface area contributed by atoms with Gasteiger partial charge < -0.3 is 15.6 Å². The van der Waals surface area contributed by atoms with Crippen LogP contribution in [0, 0.1) is 5.92 Å². The molecular weight excluding hydrogens is 288 g/mol. The second-order valence-electron chi connectivity index (χ2n) is 6.21. The minimum Gasteiger partial charge on any atom is -0.504 e. The van der Waals surface area contributed by atoms with E-state index < -0.39 is 0 Å². The highest BCUT2D eigenvalue weighted by Crippen LogP contribution is 2.33. The summed E-state index contributed by atoms with van der Waals surface area (Å²) in [5, 5.41) is 9.93. The molecule has 1 heterocycles. The van der Waals surface area contributed by atoms with Gasteiger partial charge in [-0.3, -0.25) is 4.90 Å². The first-order chi connectivity index (χ1) is 11.2. The molecule has 2 atom stereocenters. The van der Waals surface area contributed by atoms with Crippen molar-refractivity contribution >= 4 is 0 Å². The van der Waals surface area contributed by atoms with Gasteiger partial charge in [0.25, 0.3) is 0 Å². The molecule has 1 saturated heterocycles. The first-order valence-corrected chi connectivity index (χ1v) is 8.04. The maximum atomic E-state index is 9.93. The van der Waals surface area contributed by atoms with E-state index >= 15 is 0 Å². The predicted octanol–water partition coefficient (Wildman–Crippen LogP) is 2.58. The van der Waals surface area contributed by atoms with E-state index in [1.165, 1.54) is 5.56 Å². The smallest absolute Gasteiger partial charge is 0.160 e. The molecule has 2 aromatic rings. The summed E-state index contributed by atoms with van der Waals surface area (Å²) < 4.78 is 5.10. The standard InChI is InChI=1S/C19H24N2O2/c1-23-19-8-7-14(9-18(19)22)11-21-12-16(10-20)17(13-21)15-5-3-2-4-6-15/h2-9,16-17,22H,10-13,20H2,1H3/t16-,17+/m1/s1. The molecule has 4 nitrogen and oxygen atoms in total. The zero-order valence-electron chi connectivity index (χ0n) is 13.5. The van der Waals surface area contributed by atoms with Gasteiger partial charge in [0, 0.05) is 25.6 Å². The van der Waals surface area contributed by atoms with Crippen molar-refractivity contribution in [3.8, 4) is 11.5 Å². The molecule has 3 N–H and O–H groups in total. The van der Waals surface area contributed by atoms with Gasteiger partial charge in [-0.15, -0.1) is 0 Å². The molecule has 1 fully saturated rings. The molecule has 1 aliphatic rings. The number of rotatable bonds is 5. The molecular formula is C19H24N2O2. The van der Waals surface area contributed by atoms with E-state index in [-0.39, 0.29) is 5.75 Å². The average molecular weight is 312 g/mol. The van der Waals surface area contributed by atoms with Crippen LogP contribution >= 0.6 is 0 Å². The number of aromatic hydroxyl groups is 1. The number of likely N-dealkylation sites (tertiary alicyclic amines) is 1. The first-order valence-electron chi connectivity index (χ1n) is 8.04. The summed E-state index contributed by atoms with van der Waals surface area (Å²) in [6, 6.07) is 16.2. The highest BCUT2D eigenvalue weighted by molar-refractivity contribution is 5.41. The molecule has 0 saturated carbocycles. The van der Waals surface area contributed by atoms with Crippen LogP contribution < -0.4 is 10.5 Å². The topological polar surface area (TPSA) is 58.7 Å². The summed E-state index contributed by atoms with van der Waals surface area (Å²) in [5.41, 5.74) is 8.45. The summed E-state index contributed by atoms with van der Waals surface area (Å²) in [6.45, 7) is 3.50. The highest BCUT2D eigenvalue weighted by atomic mass is 16.5. The Morgan fingerprint density at radius 2 is 1.96 bits per heavy atom. The first kappa shape index (κ1) is 15.8. The van der Waals surface area contributed by atoms with Crippen molar-refractivity contribution in [2.45, 2.75) is 12.5 Å². The summed E-state index contributed by atoms with van der Waals surface area (Å²) >= 11 is 0. The zero-order valence-corrected chi connectivity index (χ0v) is 13.5. The van der Waals surface area contributed by atoms with Gasteiger partial charge in [-0.2, -0.15) is 0 Å². The van der Waals surface area contributed by atoms with Crippen molar-refractivity contribution < 1.29 is 9.84 Å². The average Bonchev–Trinajstić information content (AvgIpc) is 2.99. The lowest BCUT2D eigenvalue weighted by molar-refractivity contribution is 0.315. The number of hydrogen-bond acceptors (Lipinski definition) is 4. The van der Waals surface area contributed by atoms with Crippen LogP contribution in [-0.2, 0) is 6.54 Å². The van der Waals surface area contributed by atoms with Gasteiger partial charge in [0.05, 0.1) is 7.11 Å². The Morgan fingerprint density at radius 3 is 2.61 bits per heavy atom. The highest BCUT2D eigenvalue weighted by Gasteiger charge is 2.32. The van der Waals surface area contributed by atoms with E-state index in [1.807, 2.05) is 18.2 Å². The molecule has 0 radical (unpaired) electrons. The lowest BCUT2D eigenvalue weighted by atomic mass is 9.89. The van der Waals surface area contributed by atoms with Crippen LogP contribution in [0.1, 0.15) is 17.0 Å². The van der Waals surface area contributed by atoms with Crippen LogP contribution in [-0.4, -0.2) is 36.8 Å². The van der Waals surface area contributed by atoms with Crippen LogP contribution in [0.25, 0.3) is 0 Å². The van der Waals surface area contributed by atoms with Gasteiger partial charge in [0.15, 0.2) is 11.5 Å². The van der Waals surface area contributed by atoms with Gasteiger partial charge in [0.2, 0.25) is 0 Å². The van der Waals surface area contributed by atoms with Gasteiger partial charge >= 0.3 is 0 Å². The lowest BCUT2D eigenvalue weighted by Crippen LogP contribution is -2.23. The molecule has 122 valence electrons. The van der Waals surface area contributed by atoms with Crippen LogP contribution in [0.15, 0.2) is 48.5 Å². The van der Waals surface area contributed by atoms with Gasteiger partial charge in [-0.1, -0.05) is 36.4 Å². The number of benzene rings is 2. The molecule has 0 spiro atoms. The summed E-state index contributed by atoms with van der Waals surface area (Å²) in [5.74, 6) is 1.66. The second-order valence-corrected chi connectivity index (χ2v) is 6.21. The zero-order chi connectivity index (χ0) is 16.2. The molecule has 4 heteroatoms. The molecule has 0 aliphatic carbocycles. The van der Waals surface area contributed by atoms with E-state index in [4.69, 9.17) is 10.5 Å². The Kier molecular flexibility index (Phi) is 4.84. The maximum Gasteiger partial charge on any atom is 0.160 e. The minimum atomic E-state index is 0.194. The van der Waals surface area contributed by atoms with Crippen molar-refractivity contribution in [1.29, 1.82) is 0 Å². The van der Waals surface area contributed by atoms with Crippen molar-refractivity contribution in [3.05, 3.63) is 59.7 Å². The Hall–Kier alpha value is -2.04. The van der Waals surface area contributed by atoms with Gasteiger partial charge in [0.1, 0.15) is 0 Å². The number of methoxy groups -OCH3 is 1. The van der Waals surface area contributed by atoms with E-state index in [0.717, 1.165) is 25.2 Å². The fourth-order valence-corrected chi connectivity index (χ4v) is 3.50. The molecule has 0 bridgehead atoms. The van der Waals surface area contributed by atoms with Crippen molar-refractivity contribution in [1.82, 2.24) is 4.90 Å². The van der Waals surface area contributed by atoms with E-state index in [9.17, 15) is 5.11 Å². The third-order valence-electron chi connectivity index (χ3n) is 4.70. The molecule has 0 amide bonds. The Bertz CT molecular complexity index is 645. The SMILES string of the molecule is COc1ccc(CN2C[C@@H](CN)[C@H](c3ccccc3)C2)cc1O. The van der Waals surface area contributed by atoms with Crippen LogP contribution in [0.5, 0.6) is 11.5 Å². The Morgan fingerprint density at radius 1 is 1.17 bits per heavy atom. The number of ether oxygens (including phenoxy) is 1. The maximum absolute atomic E-state index is 9.93. The number of nitrogens with two attached hydrogens (primary N) is 1. The molecule has 0 unspecified atom stereocenters. The molecule has 23 heavy (non-hydrogen) atoms. The van der Waals surface area contributed by atoms with Crippen LogP contribution in [0.3, 0.4) is 0 Å². The fraction of sp³-hybridized carbons (Fsp3) is 0.368. The fourth-order valence-electron chi connectivity index (χ4n) is 3.50. The van der Waals surface area contributed by atoms with Crippen molar-refractivity contribution in [2.24, 2.45) is 11.7 Å². The summed E-state index contributed by atoms with van der Waals surface area (Å²) in [7, 11) is 1.56.